The third kappa shape index (κ3) is 4.66. The number of thiophene rings is 1. The lowest BCUT2D eigenvalue weighted by Gasteiger charge is -2.17. The Kier molecular flexibility index (Phi) is 6.22. The van der Waals surface area contributed by atoms with Crippen LogP contribution in [0.4, 0.5) is 5.69 Å². The Balaban J connectivity index is 1.54. The molecule has 5 nitrogen and oxygen atoms in total. The van der Waals surface area contributed by atoms with Crippen LogP contribution in [0.25, 0.3) is 21.6 Å². The number of nitrogens with zero attached hydrogens (tertiary/aromatic N) is 2. The van der Waals surface area contributed by atoms with Crippen LogP contribution < -0.4 is 4.31 Å². The number of para-hydroxylation sites is 1. The summed E-state index contributed by atoms with van der Waals surface area (Å²) in [5.74, 6) is -0.163. The predicted molar refractivity (Wildman–Crippen MR) is 123 cm³/mol. The van der Waals surface area contributed by atoms with Crippen LogP contribution in [0.2, 0.25) is 0 Å². The fraction of sp³-hybridized carbons (Fsp3) is 0.238. The lowest BCUT2D eigenvalue weighted by atomic mass is 10.2. The Hall–Kier alpha value is -2.29. The smallest absolute Gasteiger partial charge is 0.306 e. The molecule has 150 valence electrons. The van der Waals surface area contributed by atoms with Crippen molar-refractivity contribution in [2.75, 3.05) is 18.0 Å². The molecule has 0 spiro atoms. The number of benzene rings is 1. The van der Waals surface area contributed by atoms with Crippen LogP contribution in [0, 0.1) is 0 Å². The number of thiazole rings is 1. The summed E-state index contributed by atoms with van der Waals surface area (Å²) < 4.78 is 8.43. The van der Waals surface area contributed by atoms with Crippen LogP contribution in [0.5, 0.6) is 0 Å². The average Bonchev–Trinajstić information content (AvgIpc) is 3.46. The quantitative estimate of drug-likeness (QED) is 0.268. The summed E-state index contributed by atoms with van der Waals surface area (Å²) in [6, 6.07) is 12.6. The van der Waals surface area contributed by atoms with Gasteiger partial charge in [-0.15, -0.1) is 22.7 Å². The SMILES string of the molecule is CCOC(=O)CCc1cnc(-c2cc3cccc(N(C)Sc4cccs4)c3[nH]2)s1. The minimum atomic E-state index is -0.163. The molecule has 29 heavy (non-hydrogen) atoms. The molecule has 0 saturated carbocycles. The first-order valence-corrected chi connectivity index (χ1v) is 11.8. The van der Waals surface area contributed by atoms with Gasteiger partial charge < -0.3 is 14.0 Å². The number of hydrogen-bond acceptors (Lipinski definition) is 7. The molecule has 8 heteroatoms. The van der Waals surface area contributed by atoms with E-state index >= 15 is 0 Å². The maximum atomic E-state index is 11.6. The van der Waals surface area contributed by atoms with Gasteiger partial charge in [0.2, 0.25) is 0 Å². The number of aromatic nitrogens is 2. The third-order valence-corrected chi connectivity index (χ3v) is 7.41. The summed E-state index contributed by atoms with van der Waals surface area (Å²) >= 11 is 5.06. The van der Waals surface area contributed by atoms with Crippen LogP contribution in [0.3, 0.4) is 0 Å². The van der Waals surface area contributed by atoms with Gasteiger partial charge >= 0.3 is 5.97 Å². The van der Waals surface area contributed by atoms with Gasteiger partial charge in [-0.1, -0.05) is 18.2 Å². The molecule has 0 radical (unpaired) electrons. The molecule has 0 amide bonds. The molecule has 3 heterocycles. The van der Waals surface area contributed by atoms with Gasteiger partial charge in [-0.3, -0.25) is 4.79 Å². The van der Waals surface area contributed by atoms with E-state index < -0.39 is 0 Å². The van der Waals surface area contributed by atoms with E-state index in [1.807, 2.05) is 13.1 Å². The summed E-state index contributed by atoms with van der Waals surface area (Å²) in [5.41, 5.74) is 3.22. The number of esters is 1. The molecular formula is C21H21N3O2S3. The van der Waals surface area contributed by atoms with E-state index in [-0.39, 0.29) is 5.97 Å². The molecule has 0 unspecified atom stereocenters. The number of aromatic amines is 1. The zero-order valence-electron chi connectivity index (χ0n) is 16.2. The standard InChI is InChI=1S/C21H21N3O2S3/c1-3-26-18(25)10-9-15-13-22-21(28-15)16-12-14-6-4-7-17(20(14)23-16)24(2)29-19-8-5-11-27-19/h4-8,11-13,23H,3,9-10H2,1-2H3. The summed E-state index contributed by atoms with van der Waals surface area (Å²) in [6.07, 6.45) is 2.89. The van der Waals surface area contributed by atoms with E-state index in [1.54, 1.807) is 34.6 Å². The highest BCUT2D eigenvalue weighted by Gasteiger charge is 2.14. The number of carbonyl (C=O) groups is 1. The monoisotopic (exact) mass is 443 g/mol. The van der Waals surface area contributed by atoms with Crippen molar-refractivity contribution in [3.8, 4) is 10.7 Å². The molecule has 4 rings (SSSR count). The number of aryl methyl sites for hydroxylation is 1. The van der Waals surface area contributed by atoms with Crippen LogP contribution in [0.1, 0.15) is 18.2 Å². The van der Waals surface area contributed by atoms with E-state index in [9.17, 15) is 4.79 Å². The number of ether oxygens (including phenoxy) is 1. The Morgan fingerprint density at radius 1 is 1.31 bits per heavy atom. The van der Waals surface area contributed by atoms with Crippen molar-refractivity contribution in [2.24, 2.45) is 0 Å². The van der Waals surface area contributed by atoms with Crippen molar-refractivity contribution >= 4 is 57.2 Å². The van der Waals surface area contributed by atoms with Crippen molar-refractivity contribution in [1.29, 1.82) is 0 Å². The Bertz CT molecular complexity index is 1100. The molecule has 0 fully saturated rings. The van der Waals surface area contributed by atoms with Crippen LogP contribution in [0.15, 0.2) is 52.2 Å². The lowest BCUT2D eigenvalue weighted by Crippen LogP contribution is -2.05. The third-order valence-electron chi connectivity index (χ3n) is 4.36. The Labute approximate surface area is 181 Å². The van der Waals surface area contributed by atoms with Crippen LogP contribution in [-0.4, -0.2) is 29.6 Å². The second-order valence-electron chi connectivity index (χ2n) is 6.38. The second-order valence-corrected chi connectivity index (χ2v) is 9.87. The van der Waals surface area contributed by atoms with Crippen molar-refractivity contribution in [1.82, 2.24) is 9.97 Å². The van der Waals surface area contributed by atoms with Crippen molar-refractivity contribution in [2.45, 2.75) is 24.0 Å². The number of fused-ring (bicyclic) bond motifs is 1. The zero-order valence-corrected chi connectivity index (χ0v) is 18.6. The van der Waals surface area contributed by atoms with Gasteiger partial charge in [0.25, 0.3) is 0 Å². The minimum absolute atomic E-state index is 0.163. The van der Waals surface area contributed by atoms with Crippen molar-refractivity contribution < 1.29 is 9.53 Å². The topological polar surface area (TPSA) is 58.2 Å². The zero-order chi connectivity index (χ0) is 20.2. The van der Waals surface area contributed by atoms with Gasteiger partial charge in [0.1, 0.15) is 5.01 Å². The Morgan fingerprint density at radius 3 is 3.00 bits per heavy atom. The van der Waals surface area contributed by atoms with Crippen LogP contribution in [-0.2, 0) is 16.0 Å². The fourth-order valence-corrected chi connectivity index (χ4v) is 5.69. The normalized spacial score (nSPS) is 11.1. The number of anilines is 1. The molecule has 3 aromatic heterocycles. The highest BCUT2D eigenvalue weighted by atomic mass is 32.2. The van der Waals surface area contributed by atoms with E-state index in [0.717, 1.165) is 32.2 Å². The van der Waals surface area contributed by atoms with E-state index in [1.165, 1.54) is 4.21 Å². The molecular weight excluding hydrogens is 422 g/mol. The molecule has 1 aromatic carbocycles. The Morgan fingerprint density at radius 2 is 2.21 bits per heavy atom. The van der Waals surface area contributed by atoms with E-state index in [0.29, 0.717) is 19.4 Å². The van der Waals surface area contributed by atoms with Gasteiger partial charge in [0.05, 0.1) is 34.1 Å². The second kappa shape index (κ2) is 9.02. The highest BCUT2D eigenvalue weighted by Crippen LogP contribution is 2.36. The maximum Gasteiger partial charge on any atom is 0.306 e. The van der Waals surface area contributed by atoms with E-state index in [2.05, 4.69) is 63.1 Å². The maximum absolute atomic E-state index is 11.6. The molecule has 0 aliphatic rings. The summed E-state index contributed by atoms with van der Waals surface area (Å²) in [4.78, 5) is 20.8. The average molecular weight is 444 g/mol. The molecule has 0 saturated heterocycles. The number of H-pyrrole nitrogens is 1. The molecule has 4 aromatic rings. The fourth-order valence-electron chi connectivity index (χ4n) is 3.02. The van der Waals surface area contributed by atoms with Gasteiger partial charge in [-0.05, 0) is 48.9 Å². The van der Waals surface area contributed by atoms with Gasteiger partial charge in [-0.25, -0.2) is 4.98 Å². The summed E-state index contributed by atoms with van der Waals surface area (Å²) in [6.45, 7) is 2.24. The first-order valence-electron chi connectivity index (χ1n) is 9.31. The largest absolute Gasteiger partial charge is 0.466 e. The van der Waals surface area contributed by atoms with Crippen molar-refractivity contribution in [3.63, 3.8) is 0 Å². The van der Waals surface area contributed by atoms with Crippen LogP contribution >= 0.6 is 34.6 Å². The number of hydrogen-bond donors (Lipinski definition) is 1. The first-order chi connectivity index (χ1) is 14.1. The van der Waals surface area contributed by atoms with Gasteiger partial charge in [0, 0.05) is 23.5 Å². The summed E-state index contributed by atoms with van der Waals surface area (Å²) in [7, 11) is 2.08. The number of rotatable bonds is 8. The summed E-state index contributed by atoms with van der Waals surface area (Å²) in [5, 5.41) is 4.17. The lowest BCUT2D eigenvalue weighted by molar-refractivity contribution is -0.143. The molecule has 0 aliphatic heterocycles. The molecule has 0 atom stereocenters. The van der Waals surface area contributed by atoms with Gasteiger partial charge in [0.15, 0.2) is 0 Å². The molecule has 1 N–H and O–H groups in total. The molecule has 0 bridgehead atoms. The van der Waals surface area contributed by atoms with E-state index in [4.69, 9.17) is 4.74 Å². The predicted octanol–water partition coefficient (Wildman–Crippen LogP) is 5.99. The van der Waals surface area contributed by atoms with Gasteiger partial charge in [-0.2, -0.15) is 0 Å². The first kappa shape index (κ1) is 20.0. The number of nitrogens with one attached hydrogen (secondary N) is 1. The minimum Gasteiger partial charge on any atom is -0.466 e. The molecule has 0 aliphatic carbocycles. The number of carbonyl (C=O) groups excluding carboxylic acids is 1. The van der Waals surface area contributed by atoms with Crippen molar-refractivity contribution in [3.05, 3.63) is 52.9 Å². The highest BCUT2D eigenvalue weighted by molar-refractivity contribution is 8.02.